The van der Waals surface area contributed by atoms with Crippen molar-refractivity contribution in [3.05, 3.63) is 17.5 Å². The molecule has 1 rings (SSSR count). The highest BCUT2D eigenvalue weighted by molar-refractivity contribution is 5.83. The highest BCUT2D eigenvalue weighted by atomic mass is 16.7. The number of methoxy groups -OCH3 is 1. The van der Waals surface area contributed by atoms with E-state index in [9.17, 15) is 4.79 Å². The Morgan fingerprint density at radius 2 is 2.19 bits per heavy atom. The lowest BCUT2D eigenvalue weighted by Crippen LogP contribution is -2.06. The number of hydrogen-bond acceptors (Lipinski definition) is 5. The Morgan fingerprint density at radius 3 is 2.75 bits per heavy atom. The van der Waals surface area contributed by atoms with Gasteiger partial charge < -0.3 is 14.2 Å². The van der Waals surface area contributed by atoms with Crippen LogP contribution in [0, 0.1) is 6.92 Å². The minimum atomic E-state index is 0.0684. The molecule has 1 aromatic heterocycles. The molecule has 0 amide bonds. The van der Waals surface area contributed by atoms with Gasteiger partial charge in [-0.05, 0) is 13.8 Å². The molecule has 0 saturated heterocycles. The first-order valence-corrected chi connectivity index (χ1v) is 4.93. The van der Waals surface area contributed by atoms with Crippen LogP contribution in [0.1, 0.15) is 23.0 Å². The van der Waals surface area contributed by atoms with Crippen molar-refractivity contribution in [3.8, 4) is 11.5 Å². The molecular weight excluding hydrogens is 210 g/mol. The number of hydrogen-bond donors (Lipinski definition) is 0. The standard InChI is InChI=1S/C11H15NO4/c1-4-15-10-5-12-8(2)11(9(10)6-13)16-7-14-3/h5-6H,4,7H2,1-3H3. The Balaban J connectivity index is 3.10. The molecule has 88 valence electrons. The zero-order valence-electron chi connectivity index (χ0n) is 9.65. The van der Waals surface area contributed by atoms with Crippen LogP contribution in [0.5, 0.6) is 11.5 Å². The summed E-state index contributed by atoms with van der Waals surface area (Å²) in [5.74, 6) is 0.831. The van der Waals surface area contributed by atoms with Gasteiger partial charge in [-0.2, -0.15) is 0 Å². The Morgan fingerprint density at radius 1 is 1.44 bits per heavy atom. The summed E-state index contributed by atoms with van der Waals surface area (Å²) in [5.41, 5.74) is 0.994. The molecule has 0 spiro atoms. The minimum absolute atomic E-state index is 0.0684. The quantitative estimate of drug-likeness (QED) is 0.543. The summed E-state index contributed by atoms with van der Waals surface area (Å²) in [5, 5.41) is 0. The third kappa shape index (κ3) is 2.70. The van der Waals surface area contributed by atoms with Crippen molar-refractivity contribution in [2.75, 3.05) is 20.5 Å². The molecule has 1 aromatic rings. The zero-order valence-corrected chi connectivity index (χ0v) is 9.65. The average molecular weight is 225 g/mol. The predicted molar refractivity (Wildman–Crippen MR) is 58.0 cm³/mol. The Kier molecular flexibility index (Phi) is 4.72. The Hall–Kier alpha value is -1.62. The summed E-state index contributed by atoms with van der Waals surface area (Å²) in [6, 6.07) is 0. The van der Waals surface area contributed by atoms with Gasteiger partial charge in [-0.3, -0.25) is 9.78 Å². The summed E-state index contributed by atoms with van der Waals surface area (Å²) in [6.45, 7) is 4.13. The first-order valence-electron chi connectivity index (χ1n) is 4.93. The molecule has 0 aliphatic carbocycles. The number of aryl methyl sites for hydroxylation is 1. The van der Waals surface area contributed by atoms with Gasteiger partial charge in [0.1, 0.15) is 5.56 Å². The molecule has 0 radical (unpaired) electrons. The van der Waals surface area contributed by atoms with Crippen molar-refractivity contribution in [2.24, 2.45) is 0 Å². The lowest BCUT2D eigenvalue weighted by Gasteiger charge is -2.13. The molecule has 0 bridgehead atoms. The third-order valence-corrected chi connectivity index (χ3v) is 1.95. The number of carbonyl (C=O) groups is 1. The van der Waals surface area contributed by atoms with Crippen molar-refractivity contribution in [1.29, 1.82) is 0 Å². The van der Waals surface area contributed by atoms with E-state index in [1.165, 1.54) is 13.3 Å². The molecule has 0 atom stereocenters. The molecule has 1 heterocycles. The van der Waals surface area contributed by atoms with Crippen molar-refractivity contribution < 1.29 is 19.0 Å². The fourth-order valence-electron chi connectivity index (χ4n) is 1.27. The summed E-state index contributed by atoms with van der Waals surface area (Å²) in [6.07, 6.45) is 2.22. The van der Waals surface area contributed by atoms with E-state index >= 15 is 0 Å². The van der Waals surface area contributed by atoms with Crippen molar-refractivity contribution in [3.63, 3.8) is 0 Å². The summed E-state index contributed by atoms with van der Waals surface area (Å²) in [7, 11) is 1.51. The SMILES string of the molecule is CCOc1cnc(C)c(OCOC)c1C=O. The molecule has 0 unspecified atom stereocenters. The van der Waals surface area contributed by atoms with Crippen molar-refractivity contribution >= 4 is 6.29 Å². The number of pyridine rings is 1. The predicted octanol–water partition coefficient (Wildman–Crippen LogP) is 1.58. The zero-order chi connectivity index (χ0) is 12.0. The number of nitrogens with zero attached hydrogens (tertiary/aromatic N) is 1. The molecule has 0 aromatic carbocycles. The lowest BCUT2D eigenvalue weighted by molar-refractivity contribution is 0.0494. The highest BCUT2D eigenvalue weighted by Gasteiger charge is 2.14. The normalized spacial score (nSPS) is 9.94. The number of rotatable bonds is 6. The number of aromatic nitrogens is 1. The van der Waals surface area contributed by atoms with E-state index in [-0.39, 0.29) is 6.79 Å². The molecule has 0 fully saturated rings. The third-order valence-electron chi connectivity index (χ3n) is 1.95. The van der Waals surface area contributed by atoms with Crippen LogP contribution in [-0.2, 0) is 4.74 Å². The highest BCUT2D eigenvalue weighted by Crippen LogP contribution is 2.28. The smallest absolute Gasteiger partial charge is 0.188 e. The van der Waals surface area contributed by atoms with Crippen LogP contribution < -0.4 is 9.47 Å². The van der Waals surface area contributed by atoms with Crippen LogP contribution in [0.4, 0.5) is 0 Å². The molecule has 5 nitrogen and oxygen atoms in total. The van der Waals surface area contributed by atoms with Crippen LogP contribution >= 0.6 is 0 Å². The molecule has 5 heteroatoms. The van der Waals surface area contributed by atoms with E-state index in [2.05, 4.69) is 4.98 Å². The van der Waals surface area contributed by atoms with E-state index in [0.29, 0.717) is 35.6 Å². The number of carbonyl (C=O) groups excluding carboxylic acids is 1. The molecule has 0 aliphatic rings. The van der Waals surface area contributed by atoms with Crippen LogP contribution in [0.2, 0.25) is 0 Å². The van der Waals surface area contributed by atoms with Gasteiger partial charge in [0, 0.05) is 7.11 Å². The van der Waals surface area contributed by atoms with Gasteiger partial charge in [-0.1, -0.05) is 0 Å². The Bertz CT molecular complexity index is 365. The lowest BCUT2D eigenvalue weighted by atomic mass is 10.2. The van der Waals surface area contributed by atoms with Gasteiger partial charge in [0.05, 0.1) is 18.5 Å². The van der Waals surface area contributed by atoms with Crippen molar-refractivity contribution in [2.45, 2.75) is 13.8 Å². The monoisotopic (exact) mass is 225 g/mol. The second kappa shape index (κ2) is 6.07. The maximum atomic E-state index is 11.0. The number of aldehydes is 1. The van der Waals surface area contributed by atoms with Crippen molar-refractivity contribution in [1.82, 2.24) is 4.98 Å². The topological polar surface area (TPSA) is 57.6 Å². The minimum Gasteiger partial charge on any atom is -0.491 e. The molecule has 0 aliphatic heterocycles. The average Bonchev–Trinajstić information content (AvgIpc) is 2.29. The van der Waals surface area contributed by atoms with Gasteiger partial charge in [-0.15, -0.1) is 0 Å². The van der Waals surface area contributed by atoms with E-state index in [1.54, 1.807) is 6.92 Å². The van der Waals surface area contributed by atoms with Gasteiger partial charge in [0.15, 0.2) is 24.6 Å². The van der Waals surface area contributed by atoms with Gasteiger partial charge in [-0.25, -0.2) is 0 Å². The summed E-state index contributed by atoms with van der Waals surface area (Å²) in [4.78, 5) is 15.1. The summed E-state index contributed by atoms with van der Waals surface area (Å²) < 4.78 is 15.4. The van der Waals surface area contributed by atoms with Gasteiger partial charge in [0.25, 0.3) is 0 Å². The van der Waals surface area contributed by atoms with E-state index in [0.717, 1.165) is 0 Å². The van der Waals surface area contributed by atoms with Crippen LogP contribution in [-0.4, -0.2) is 31.8 Å². The molecular formula is C11H15NO4. The fraction of sp³-hybridized carbons (Fsp3) is 0.455. The molecule has 0 saturated carbocycles. The van der Waals surface area contributed by atoms with E-state index in [4.69, 9.17) is 14.2 Å². The van der Waals surface area contributed by atoms with E-state index < -0.39 is 0 Å². The molecule has 16 heavy (non-hydrogen) atoms. The van der Waals surface area contributed by atoms with Gasteiger partial charge in [0.2, 0.25) is 0 Å². The largest absolute Gasteiger partial charge is 0.491 e. The number of ether oxygens (including phenoxy) is 3. The Labute approximate surface area is 94.3 Å². The second-order valence-electron chi connectivity index (χ2n) is 3.05. The maximum Gasteiger partial charge on any atom is 0.188 e. The first kappa shape index (κ1) is 12.4. The summed E-state index contributed by atoms with van der Waals surface area (Å²) >= 11 is 0. The van der Waals surface area contributed by atoms with Crippen LogP contribution in [0.25, 0.3) is 0 Å². The van der Waals surface area contributed by atoms with Crippen LogP contribution in [0.3, 0.4) is 0 Å². The first-order chi connectivity index (χ1) is 7.74. The van der Waals surface area contributed by atoms with E-state index in [1.807, 2.05) is 6.92 Å². The second-order valence-corrected chi connectivity index (χ2v) is 3.05. The maximum absolute atomic E-state index is 11.0. The fourth-order valence-corrected chi connectivity index (χ4v) is 1.27. The van der Waals surface area contributed by atoms with Gasteiger partial charge >= 0.3 is 0 Å². The van der Waals surface area contributed by atoms with Crippen LogP contribution in [0.15, 0.2) is 6.20 Å². The molecule has 0 N–H and O–H groups in total.